The van der Waals surface area contributed by atoms with E-state index in [-0.39, 0.29) is 24.3 Å². The van der Waals surface area contributed by atoms with Crippen LogP contribution in [0, 0.1) is 11.6 Å². The zero-order valence-corrected chi connectivity index (χ0v) is 16.5. The normalized spacial score (nSPS) is 11.1. The lowest BCUT2D eigenvalue weighted by Crippen LogP contribution is -2.23. The molecule has 158 valence electrons. The predicted octanol–water partition coefficient (Wildman–Crippen LogP) is 4.68. The van der Waals surface area contributed by atoms with E-state index in [4.69, 9.17) is 0 Å². The van der Waals surface area contributed by atoms with Crippen LogP contribution in [0.5, 0.6) is 0 Å². The molecule has 0 unspecified atom stereocenters. The summed E-state index contributed by atoms with van der Waals surface area (Å²) in [5.74, 6) is -2.17. The van der Waals surface area contributed by atoms with Crippen molar-refractivity contribution in [2.75, 3.05) is 7.11 Å². The minimum absolute atomic E-state index is 0.0922. The molecule has 2 N–H and O–H groups in total. The Morgan fingerprint density at radius 1 is 1.03 bits per heavy atom. The molecular weight excluding hydrogens is 406 g/mol. The zero-order chi connectivity index (χ0) is 22.1. The van der Waals surface area contributed by atoms with E-state index in [1.807, 2.05) is 6.07 Å². The Morgan fingerprint density at radius 3 is 2.45 bits per heavy atom. The number of carboxylic acids is 1. The highest BCUT2D eigenvalue weighted by Crippen LogP contribution is 2.30. The standard InChI is InChI=1S/C23H18F2N2O4/c1-31-23(30)26-11-19-18-10-16(25)7-8-20(18)27(21(19)22(28)29)12-14-4-2-3-13-5-6-15(24)9-17(13)14/h2-10H,11-12H2,1H3,(H,26,30)(H,28,29). The van der Waals surface area contributed by atoms with E-state index in [1.54, 1.807) is 18.2 Å². The van der Waals surface area contributed by atoms with Crippen molar-refractivity contribution in [3.63, 3.8) is 0 Å². The number of hydrogen-bond acceptors (Lipinski definition) is 3. The summed E-state index contributed by atoms with van der Waals surface area (Å²) in [6.45, 7) is -0.0474. The van der Waals surface area contributed by atoms with Gasteiger partial charge in [-0.25, -0.2) is 18.4 Å². The Hall–Kier alpha value is -3.94. The fourth-order valence-electron chi connectivity index (χ4n) is 3.83. The number of rotatable bonds is 5. The first-order valence-electron chi connectivity index (χ1n) is 9.42. The van der Waals surface area contributed by atoms with Crippen LogP contribution in [-0.2, 0) is 17.8 Å². The number of carbonyl (C=O) groups excluding carboxylic acids is 1. The molecule has 1 aromatic heterocycles. The molecule has 0 aliphatic heterocycles. The van der Waals surface area contributed by atoms with Gasteiger partial charge in [0.1, 0.15) is 17.3 Å². The predicted molar refractivity (Wildman–Crippen MR) is 111 cm³/mol. The van der Waals surface area contributed by atoms with Gasteiger partial charge in [-0.3, -0.25) is 0 Å². The van der Waals surface area contributed by atoms with Crippen LogP contribution in [0.1, 0.15) is 21.6 Å². The fraction of sp³-hybridized carbons (Fsp3) is 0.130. The van der Waals surface area contributed by atoms with E-state index in [1.165, 1.54) is 42.0 Å². The Balaban J connectivity index is 1.92. The van der Waals surface area contributed by atoms with E-state index < -0.39 is 23.7 Å². The first-order valence-corrected chi connectivity index (χ1v) is 9.42. The SMILES string of the molecule is COC(=O)NCc1c(C(=O)O)n(Cc2cccc3ccc(F)cc23)c2ccc(F)cc12. The van der Waals surface area contributed by atoms with Crippen molar-refractivity contribution in [1.82, 2.24) is 9.88 Å². The van der Waals surface area contributed by atoms with E-state index in [2.05, 4.69) is 10.1 Å². The topological polar surface area (TPSA) is 80.6 Å². The van der Waals surface area contributed by atoms with Gasteiger partial charge in [0.05, 0.1) is 7.11 Å². The van der Waals surface area contributed by atoms with Crippen molar-refractivity contribution in [2.45, 2.75) is 13.1 Å². The van der Waals surface area contributed by atoms with E-state index in [0.29, 0.717) is 21.9 Å². The molecule has 0 aliphatic carbocycles. The number of fused-ring (bicyclic) bond motifs is 2. The van der Waals surface area contributed by atoms with Gasteiger partial charge in [0.15, 0.2) is 0 Å². The quantitative estimate of drug-likeness (QED) is 0.488. The number of carboxylic acid groups (broad SMARTS) is 1. The molecule has 1 heterocycles. The summed E-state index contributed by atoms with van der Waals surface area (Å²) in [7, 11) is 1.19. The monoisotopic (exact) mass is 424 g/mol. The molecule has 0 fully saturated rings. The maximum absolute atomic E-state index is 14.0. The Bertz CT molecular complexity index is 1330. The molecular formula is C23H18F2N2O4. The van der Waals surface area contributed by atoms with Crippen molar-refractivity contribution >= 4 is 33.7 Å². The number of carbonyl (C=O) groups is 2. The smallest absolute Gasteiger partial charge is 0.407 e. The van der Waals surface area contributed by atoms with Crippen molar-refractivity contribution in [3.05, 3.63) is 83.1 Å². The number of hydrogen-bond donors (Lipinski definition) is 2. The highest BCUT2D eigenvalue weighted by atomic mass is 19.1. The van der Waals surface area contributed by atoms with Gasteiger partial charge in [-0.05, 0) is 46.7 Å². The third kappa shape index (κ3) is 3.79. The molecule has 0 radical (unpaired) electrons. The molecule has 8 heteroatoms. The van der Waals surface area contributed by atoms with Crippen molar-refractivity contribution in [3.8, 4) is 0 Å². The molecule has 0 spiro atoms. The average molecular weight is 424 g/mol. The van der Waals surface area contributed by atoms with Gasteiger partial charge in [0.25, 0.3) is 0 Å². The molecule has 4 aromatic rings. The molecule has 6 nitrogen and oxygen atoms in total. The zero-order valence-electron chi connectivity index (χ0n) is 16.5. The third-order valence-electron chi connectivity index (χ3n) is 5.19. The lowest BCUT2D eigenvalue weighted by molar-refractivity contribution is 0.0684. The van der Waals surface area contributed by atoms with Gasteiger partial charge < -0.3 is 19.7 Å². The van der Waals surface area contributed by atoms with Crippen LogP contribution in [0.25, 0.3) is 21.7 Å². The number of methoxy groups -OCH3 is 1. The van der Waals surface area contributed by atoms with Crippen molar-refractivity contribution < 1.29 is 28.2 Å². The molecule has 3 aromatic carbocycles. The number of amides is 1. The van der Waals surface area contributed by atoms with Gasteiger partial charge in [-0.1, -0.05) is 24.3 Å². The number of nitrogens with zero attached hydrogens (tertiary/aromatic N) is 1. The molecule has 4 rings (SSSR count). The Labute approximate surface area is 175 Å². The van der Waals surface area contributed by atoms with Crippen LogP contribution in [0.4, 0.5) is 13.6 Å². The highest BCUT2D eigenvalue weighted by molar-refractivity contribution is 5.99. The molecule has 1 amide bonds. The van der Waals surface area contributed by atoms with Crippen LogP contribution in [0.15, 0.2) is 54.6 Å². The summed E-state index contributed by atoms with van der Waals surface area (Å²) in [5.41, 5.74) is 1.34. The second-order valence-electron chi connectivity index (χ2n) is 7.01. The first-order chi connectivity index (χ1) is 14.9. The maximum Gasteiger partial charge on any atom is 0.407 e. The van der Waals surface area contributed by atoms with Gasteiger partial charge in [0, 0.05) is 29.6 Å². The second-order valence-corrected chi connectivity index (χ2v) is 7.01. The van der Waals surface area contributed by atoms with Gasteiger partial charge in [-0.15, -0.1) is 0 Å². The van der Waals surface area contributed by atoms with Gasteiger partial charge in [-0.2, -0.15) is 0 Å². The molecule has 0 atom stereocenters. The van der Waals surface area contributed by atoms with Crippen molar-refractivity contribution in [1.29, 1.82) is 0 Å². The summed E-state index contributed by atoms with van der Waals surface area (Å²) in [5, 5.41) is 14.2. The van der Waals surface area contributed by atoms with Gasteiger partial charge >= 0.3 is 12.1 Å². The van der Waals surface area contributed by atoms with Gasteiger partial charge in [0.2, 0.25) is 0 Å². The number of nitrogens with one attached hydrogen (secondary N) is 1. The molecule has 0 saturated heterocycles. The number of halogens is 2. The minimum atomic E-state index is -1.23. The lowest BCUT2D eigenvalue weighted by Gasteiger charge is -2.12. The minimum Gasteiger partial charge on any atom is -0.477 e. The Morgan fingerprint density at radius 2 is 1.74 bits per heavy atom. The summed E-state index contributed by atoms with van der Waals surface area (Å²) >= 11 is 0. The highest BCUT2D eigenvalue weighted by Gasteiger charge is 2.24. The van der Waals surface area contributed by atoms with Crippen LogP contribution in [0.3, 0.4) is 0 Å². The molecule has 31 heavy (non-hydrogen) atoms. The number of alkyl carbamates (subject to hydrolysis) is 1. The molecule has 0 bridgehead atoms. The van der Waals surface area contributed by atoms with Crippen molar-refractivity contribution in [2.24, 2.45) is 0 Å². The summed E-state index contributed by atoms with van der Waals surface area (Å²) < 4.78 is 34.0. The molecule has 0 aliphatic rings. The fourth-order valence-corrected chi connectivity index (χ4v) is 3.83. The summed E-state index contributed by atoms with van der Waals surface area (Å²) in [6, 6.07) is 13.8. The Kier molecular flexibility index (Phi) is 5.29. The lowest BCUT2D eigenvalue weighted by atomic mass is 10.0. The average Bonchev–Trinajstić information content (AvgIpc) is 3.05. The van der Waals surface area contributed by atoms with E-state index >= 15 is 0 Å². The van der Waals surface area contributed by atoms with Crippen LogP contribution in [0.2, 0.25) is 0 Å². The van der Waals surface area contributed by atoms with E-state index in [9.17, 15) is 23.5 Å². The molecule has 0 saturated carbocycles. The third-order valence-corrected chi connectivity index (χ3v) is 5.19. The van der Waals surface area contributed by atoms with Crippen LogP contribution < -0.4 is 5.32 Å². The number of aromatic nitrogens is 1. The van der Waals surface area contributed by atoms with Crippen LogP contribution in [-0.4, -0.2) is 28.8 Å². The largest absolute Gasteiger partial charge is 0.477 e. The van der Waals surface area contributed by atoms with E-state index in [0.717, 1.165) is 5.39 Å². The first kappa shape index (κ1) is 20.3. The second kappa shape index (κ2) is 8.06. The number of benzene rings is 3. The van der Waals surface area contributed by atoms with Crippen LogP contribution >= 0.6 is 0 Å². The number of aromatic carboxylic acids is 1. The summed E-state index contributed by atoms with van der Waals surface area (Å²) in [4.78, 5) is 23.7. The summed E-state index contributed by atoms with van der Waals surface area (Å²) in [6.07, 6.45) is -0.738. The number of ether oxygens (including phenoxy) is 1. The maximum atomic E-state index is 14.0.